The predicted octanol–water partition coefficient (Wildman–Crippen LogP) is 1.03. The molecule has 4 N–H and O–H groups in total. The Morgan fingerprint density at radius 2 is 1.73 bits per heavy atom. The quantitative estimate of drug-likeness (QED) is 0.302. The number of sulfonamides is 1. The molecule has 1 aliphatic rings. The van der Waals surface area contributed by atoms with E-state index in [1.807, 2.05) is 18.2 Å². The van der Waals surface area contributed by atoms with Gasteiger partial charge in [-0.1, -0.05) is 49.0 Å². The van der Waals surface area contributed by atoms with Crippen molar-refractivity contribution in [2.45, 2.75) is 44.2 Å². The van der Waals surface area contributed by atoms with Gasteiger partial charge in [-0.25, -0.2) is 22.2 Å². The molecule has 0 fully saturated rings. The summed E-state index contributed by atoms with van der Waals surface area (Å²) >= 11 is 1.05. The van der Waals surface area contributed by atoms with E-state index in [9.17, 15) is 37.0 Å². The second kappa shape index (κ2) is 13.5. The van der Waals surface area contributed by atoms with Crippen molar-refractivity contribution < 1.29 is 37.0 Å². The second-order valence-electron chi connectivity index (χ2n) is 9.54. The molecule has 2 aromatic rings. The first-order chi connectivity index (χ1) is 18.8. The summed E-state index contributed by atoms with van der Waals surface area (Å²) in [4.78, 5) is 29.9. The Kier molecular flexibility index (Phi) is 10.6. The molecule has 218 valence electrons. The molecule has 1 unspecified atom stereocenters. The van der Waals surface area contributed by atoms with E-state index in [-0.39, 0.29) is 29.4 Å². The lowest BCUT2D eigenvalue weighted by molar-refractivity contribution is -0.132. The molecule has 0 spiro atoms. The number of amides is 2. The summed E-state index contributed by atoms with van der Waals surface area (Å²) in [5.74, 6) is -3.99. The van der Waals surface area contributed by atoms with Crippen LogP contribution in [-0.2, 0) is 32.6 Å². The summed E-state index contributed by atoms with van der Waals surface area (Å²) in [6.45, 7) is 1.59. The Bertz CT molecular complexity index is 1330. The number of hydrogen-bond donors (Lipinski definition) is 4. The van der Waals surface area contributed by atoms with E-state index in [0.29, 0.717) is 6.07 Å². The van der Waals surface area contributed by atoms with Crippen LogP contribution in [0.3, 0.4) is 0 Å². The maximum atomic E-state index is 13.9. The molecule has 40 heavy (non-hydrogen) atoms. The lowest BCUT2D eigenvalue weighted by Gasteiger charge is -2.31. The molecule has 14 heteroatoms. The van der Waals surface area contributed by atoms with Crippen molar-refractivity contribution >= 4 is 38.8 Å². The molecular weight excluding hydrogens is 566 g/mol. The van der Waals surface area contributed by atoms with Gasteiger partial charge < -0.3 is 20.8 Å². The number of carbonyl (C=O) groups is 2. The average molecular weight is 599 g/mol. The molecule has 10 nitrogen and oxygen atoms in total. The number of amidine groups is 1. The highest BCUT2D eigenvalue weighted by Gasteiger charge is 2.37. The Labute approximate surface area is 235 Å². The number of aliphatic imine (C=N–C) groups is 1. The molecule has 0 radical (unpaired) electrons. The summed E-state index contributed by atoms with van der Waals surface area (Å²) in [6, 6.07) is 9.49. The van der Waals surface area contributed by atoms with Crippen molar-refractivity contribution in [3.63, 3.8) is 0 Å². The van der Waals surface area contributed by atoms with Crippen LogP contribution in [0.15, 0.2) is 53.5 Å². The molecule has 1 aliphatic heterocycles. The zero-order valence-corrected chi connectivity index (χ0v) is 23.8. The van der Waals surface area contributed by atoms with Gasteiger partial charge in [0.25, 0.3) is 0 Å². The largest absolute Gasteiger partial charge is 0.390 e. The normalized spacial score (nSPS) is 18.3. The Morgan fingerprint density at radius 3 is 2.33 bits per heavy atom. The number of nitrogens with zero attached hydrogens (tertiary/aromatic N) is 2. The van der Waals surface area contributed by atoms with Crippen molar-refractivity contribution in [1.29, 1.82) is 0 Å². The molecule has 0 saturated heterocycles. The number of hydrogen-bond acceptors (Lipinski definition) is 8. The fourth-order valence-corrected chi connectivity index (χ4v) is 5.77. The highest BCUT2D eigenvalue weighted by molar-refractivity contribution is 8.15. The minimum Gasteiger partial charge on any atom is -0.390 e. The highest BCUT2D eigenvalue weighted by Crippen LogP contribution is 2.23. The maximum absolute atomic E-state index is 13.9. The van der Waals surface area contributed by atoms with Crippen LogP contribution in [-0.4, -0.2) is 83.3 Å². The number of nitrogens with one attached hydrogen (secondary N) is 2. The Morgan fingerprint density at radius 1 is 1.10 bits per heavy atom. The van der Waals surface area contributed by atoms with Crippen LogP contribution in [0.1, 0.15) is 18.1 Å². The van der Waals surface area contributed by atoms with Gasteiger partial charge in [0.2, 0.25) is 21.8 Å². The van der Waals surface area contributed by atoms with Gasteiger partial charge in [-0.2, -0.15) is 0 Å². The average Bonchev–Trinajstić information content (AvgIpc) is 3.39. The van der Waals surface area contributed by atoms with Gasteiger partial charge in [-0.15, -0.1) is 0 Å². The van der Waals surface area contributed by atoms with Gasteiger partial charge >= 0.3 is 0 Å². The third-order valence-electron chi connectivity index (χ3n) is 6.41. The van der Waals surface area contributed by atoms with E-state index in [1.54, 1.807) is 12.1 Å². The number of aliphatic hydroxyl groups excluding tert-OH is 2. The smallest absolute Gasteiger partial charge is 0.246 e. The standard InChI is InChI=1S/C26H32F2N4O6S2/c1-15(24(35)29-13-16-7-5-4-6-8-16)22(33)23(34)20(11-17-9-18(27)12-19(28)10-17)30-25(36)21-14-39-26(31-21)32(2)40(3,37)38/h4-10,12,15,20-23,33-34H,11,13-14H2,1-3H3,(H,29,35)(H,30,36)/t15-,20+,21?,22-,23-/m1/s1. The summed E-state index contributed by atoms with van der Waals surface area (Å²) < 4.78 is 52.3. The first-order valence-electron chi connectivity index (χ1n) is 12.3. The van der Waals surface area contributed by atoms with E-state index < -0.39 is 63.7 Å². The maximum Gasteiger partial charge on any atom is 0.246 e. The van der Waals surface area contributed by atoms with Gasteiger partial charge in [0.15, 0.2) is 5.17 Å². The van der Waals surface area contributed by atoms with Crippen LogP contribution in [0.2, 0.25) is 0 Å². The number of rotatable bonds is 11. The summed E-state index contributed by atoms with van der Waals surface area (Å²) in [6.07, 6.45) is -2.67. The van der Waals surface area contributed by atoms with Crippen LogP contribution in [0.25, 0.3) is 0 Å². The van der Waals surface area contributed by atoms with Crippen molar-refractivity contribution in [1.82, 2.24) is 14.9 Å². The minimum absolute atomic E-state index is 0.0945. The van der Waals surface area contributed by atoms with Crippen LogP contribution in [0.4, 0.5) is 8.78 Å². The van der Waals surface area contributed by atoms with Crippen LogP contribution >= 0.6 is 11.8 Å². The van der Waals surface area contributed by atoms with Gasteiger partial charge in [-0.05, 0) is 29.7 Å². The van der Waals surface area contributed by atoms with E-state index in [4.69, 9.17) is 0 Å². The molecule has 0 aliphatic carbocycles. The zero-order valence-electron chi connectivity index (χ0n) is 22.1. The molecular formula is C26H32F2N4O6S2. The third-order valence-corrected chi connectivity index (χ3v) is 8.81. The summed E-state index contributed by atoms with van der Waals surface area (Å²) in [5, 5.41) is 27.3. The second-order valence-corrected chi connectivity index (χ2v) is 12.5. The van der Waals surface area contributed by atoms with Gasteiger partial charge in [0.05, 0.1) is 24.3 Å². The molecule has 0 saturated carbocycles. The number of thioether (sulfide) groups is 1. The van der Waals surface area contributed by atoms with E-state index in [2.05, 4.69) is 15.6 Å². The van der Waals surface area contributed by atoms with Gasteiger partial charge in [-0.3, -0.25) is 13.9 Å². The van der Waals surface area contributed by atoms with Gasteiger partial charge in [0.1, 0.15) is 23.8 Å². The van der Waals surface area contributed by atoms with Crippen molar-refractivity contribution in [2.75, 3.05) is 19.1 Å². The third kappa shape index (κ3) is 8.46. The summed E-state index contributed by atoms with van der Waals surface area (Å²) in [5.41, 5.74) is 0.921. The topological polar surface area (TPSA) is 148 Å². The first-order valence-corrected chi connectivity index (χ1v) is 15.2. The van der Waals surface area contributed by atoms with Crippen LogP contribution < -0.4 is 10.6 Å². The Balaban J connectivity index is 1.76. The fraction of sp³-hybridized carbons (Fsp3) is 0.423. The lowest BCUT2D eigenvalue weighted by Crippen LogP contribution is -2.54. The van der Waals surface area contributed by atoms with E-state index in [0.717, 1.165) is 40.0 Å². The Hall–Kier alpha value is -3.07. The lowest BCUT2D eigenvalue weighted by atomic mass is 9.90. The molecule has 0 aromatic heterocycles. The minimum atomic E-state index is -3.60. The molecule has 3 rings (SSSR count). The number of halogens is 2. The van der Waals surface area contributed by atoms with Crippen LogP contribution in [0, 0.1) is 17.6 Å². The molecule has 2 amide bonds. The van der Waals surface area contributed by atoms with E-state index >= 15 is 0 Å². The zero-order chi connectivity index (χ0) is 29.6. The summed E-state index contributed by atoms with van der Waals surface area (Å²) in [7, 11) is -2.31. The number of aliphatic hydroxyl groups is 2. The van der Waals surface area contributed by atoms with Crippen molar-refractivity contribution in [3.8, 4) is 0 Å². The number of carbonyl (C=O) groups excluding carboxylic acids is 2. The fourth-order valence-electron chi connectivity index (χ4n) is 3.96. The first kappa shape index (κ1) is 31.5. The monoisotopic (exact) mass is 598 g/mol. The predicted molar refractivity (Wildman–Crippen MR) is 148 cm³/mol. The van der Waals surface area contributed by atoms with Crippen molar-refractivity contribution in [2.24, 2.45) is 10.9 Å². The van der Waals surface area contributed by atoms with Crippen molar-refractivity contribution in [3.05, 3.63) is 71.3 Å². The number of benzene rings is 2. The van der Waals surface area contributed by atoms with E-state index in [1.165, 1.54) is 14.0 Å². The highest BCUT2D eigenvalue weighted by atomic mass is 32.2. The van der Waals surface area contributed by atoms with Gasteiger partial charge in [0, 0.05) is 25.4 Å². The molecule has 0 bridgehead atoms. The molecule has 1 heterocycles. The molecule has 2 aromatic carbocycles. The SMILES string of the molecule is C[C@@H](C(=O)NCc1ccccc1)[C@@H](O)[C@H](O)[C@H](Cc1cc(F)cc(F)c1)NC(=O)C1CSC(N(C)S(C)(=O)=O)=N1. The van der Waals surface area contributed by atoms with Crippen LogP contribution in [0.5, 0.6) is 0 Å². The molecule has 5 atom stereocenters.